The summed E-state index contributed by atoms with van der Waals surface area (Å²) in [5.41, 5.74) is 1.16. The van der Waals surface area contributed by atoms with Crippen LogP contribution in [0.15, 0.2) is 42.9 Å². The third kappa shape index (κ3) is 5.51. The van der Waals surface area contributed by atoms with Crippen molar-refractivity contribution in [3.05, 3.63) is 42.9 Å². The maximum Gasteiger partial charge on any atom is 0.389 e. The molecule has 1 aromatic heterocycles. The van der Waals surface area contributed by atoms with Gasteiger partial charge in [-0.05, 0) is 6.42 Å². The molecular formula is C14H14F3N3O2S. The molecule has 0 spiro atoms. The van der Waals surface area contributed by atoms with E-state index < -0.39 is 34.8 Å². The van der Waals surface area contributed by atoms with E-state index in [1.165, 1.54) is 12.5 Å². The first-order valence-corrected chi connectivity index (χ1v) is 8.35. The number of anilines is 1. The summed E-state index contributed by atoms with van der Waals surface area (Å²) >= 11 is 0. The number of hydrogen-bond donors (Lipinski definition) is 1. The molecule has 0 aliphatic carbocycles. The van der Waals surface area contributed by atoms with Gasteiger partial charge in [-0.3, -0.25) is 4.72 Å². The van der Waals surface area contributed by atoms with Crippen molar-refractivity contribution >= 4 is 15.7 Å². The standard InChI is InChI=1S/C14H14F3N3O2S/c15-14(16,17)7-4-8-23(21,22)20-12-9-18-10-19-13(12)11-5-2-1-3-6-11/h1-3,5-6,9-10,20H,4,7-8H2. The number of hydrogen-bond acceptors (Lipinski definition) is 4. The lowest BCUT2D eigenvalue weighted by atomic mass is 10.1. The van der Waals surface area contributed by atoms with Crippen LogP contribution in [0.2, 0.25) is 0 Å². The number of nitrogens with zero attached hydrogens (tertiary/aromatic N) is 2. The molecule has 2 rings (SSSR count). The quantitative estimate of drug-likeness (QED) is 0.872. The SMILES string of the molecule is O=S(=O)(CCCC(F)(F)F)Nc1cncnc1-c1ccccc1. The molecule has 0 aliphatic heterocycles. The molecule has 23 heavy (non-hydrogen) atoms. The minimum atomic E-state index is -4.37. The summed E-state index contributed by atoms with van der Waals surface area (Å²) in [6, 6.07) is 8.80. The van der Waals surface area contributed by atoms with E-state index in [9.17, 15) is 21.6 Å². The van der Waals surface area contributed by atoms with Gasteiger partial charge in [-0.25, -0.2) is 18.4 Å². The van der Waals surface area contributed by atoms with E-state index >= 15 is 0 Å². The molecular weight excluding hydrogens is 331 g/mol. The number of benzene rings is 1. The summed E-state index contributed by atoms with van der Waals surface area (Å²) in [6.45, 7) is 0. The van der Waals surface area contributed by atoms with Crippen molar-refractivity contribution in [2.45, 2.75) is 19.0 Å². The van der Waals surface area contributed by atoms with Crippen LogP contribution < -0.4 is 4.72 Å². The Kier molecular flexibility index (Phi) is 5.19. The van der Waals surface area contributed by atoms with Gasteiger partial charge in [0.25, 0.3) is 0 Å². The average Bonchev–Trinajstić information content (AvgIpc) is 2.46. The summed E-state index contributed by atoms with van der Waals surface area (Å²) in [5, 5.41) is 0. The maximum absolute atomic E-state index is 12.1. The van der Waals surface area contributed by atoms with Crippen LogP contribution in [-0.2, 0) is 10.0 Å². The number of halogens is 3. The van der Waals surface area contributed by atoms with E-state index in [-0.39, 0.29) is 5.69 Å². The van der Waals surface area contributed by atoms with E-state index in [1.54, 1.807) is 30.3 Å². The van der Waals surface area contributed by atoms with Crippen molar-refractivity contribution in [2.75, 3.05) is 10.5 Å². The normalized spacial score (nSPS) is 12.1. The van der Waals surface area contributed by atoms with Gasteiger partial charge in [0.2, 0.25) is 10.0 Å². The first-order valence-electron chi connectivity index (χ1n) is 6.69. The van der Waals surface area contributed by atoms with Crippen LogP contribution in [0.3, 0.4) is 0 Å². The van der Waals surface area contributed by atoms with Gasteiger partial charge in [0, 0.05) is 12.0 Å². The largest absolute Gasteiger partial charge is 0.389 e. The number of sulfonamides is 1. The third-order valence-electron chi connectivity index (χ3n) is 2.90. The van der Waals surface area contributed by atoms with Gasteiger partial charge in [-0.2, -0.15) is 13.2 Å². The van der Waals surface area contributed by atoms with Crippen molar-refractivity contribution in [3.8, 4) is 11.3 Å². The first kappa shape index (κ1) is 17.2. The van der Waals surface area contributed by atoms with Gasteiger partial charge in [-0.1, -0.05) is 30.3 Å². The molecule has 1 N–H and O–H groups in total. The van der Waals surface area contributed by atoms with Crippen LogP contribution in [0.25, 0.3) is 11.3 Å². The molecule has 0 unspecified atom stereocenters. The monoisotopic (exact) mass is 345 g/mol. The Labute approximate surface area is 131 Å². The van der Waals surface area contributed by atoms with E-state index in [2.05, 4.69) is 14.7 Å². The molecule has 0 bridgehead atoms. The van der Waals surface area contributed by atoms with E-state index in [0.29, 0.717) is 11.3 Å². The highest BCUT2D eigenvalue weighted by Crippen LogP contribution is 2.26. The molecule has 124 valence electrons. The highest BCUT2D eigenvalue weighted by Gasteiger charge is 2.27. The van der Waals surface area contributed by atoms with Crippen LogP contribution in [0.1, 0.15) is 12.8 Å². The van der Waals surface area contributed by atoms with Gasteiger partial charge >= 0.3 is 6.18 Å². The molecule has 9 heteroatoms. The lowest BCUT2D eigenvalue weighted by Gasteiger charge is -2.12. The summed E-state index contributed by atoms with van der Waals surface area (Å²) in [6.07, 6.45) is -3.49. The smallest absolute Gasteiger partial charge is 0.280 e. The fraction of sp³-hybridized carbons (Fsp3) is 0.286. The van der Waals surface area contributed by atoms with Crippen molar-refractivity contribution in [1.29, 1.82) is 0 Å². The summed E-state index contributed by atoms with van der Waals surface area (Å²) in [4.78, 5) is 7.79. The topological polar surface area (TPSA) is 72.0 Å². The Morgan fingerprint density at radius 2 is 1.83 bits per heavy atom. The van der Waals surface area contributed by atoms with Crippen molar-refractivity contribution < 1.29 is 21.6 Å². The predicted molar refractivity (Wildman–Crippen MR) is 80.2 cm³/mol. The molecule has 0 aliphatic rings. The van der Waals surface area contributed by atoms with Crippen LogP contribution in [0.4, 0.5) is 18.9 Å². The number of nitrogens with one attached hydrogen (secondary N) is 1. The fourth-order valence-electron chi connectivity index (χ4n) is 1.91. The molecule has 0 amide bonds. The molecule has 2 aromatic rings. The van der Waals surface area contributed by atoms with Crippen molar-refractivity contribution in [2.24, 2.45) is 0 Å². The van der Waals surface area contributed by atoms with Crippen LogP contribution in [0.5, 0.6) is 0 Å². The second kappa shape index (κ2) is 6.95. The highest BCUT2D eigenvalue weighted by molar-refractivity contribution is 7.92. The van der Waals surface area contributed by atoms with Crippen molar-refractivity contribution in [3.63, 3.8) is 0 Å². The summed E-state index contributed by atoms with van der Waals surface area (Å²) in [7, 11) is -3.92. The molecule has 0 saturated heterocycles. The van der Waals surface area contributed by atoms with Gasteiger partial charge in [-0.15, -0.1) is 0 Å². The minimum Gasteiger partial charge on any atom is -0.280 e. The lowest BCUT2D eigenvalue weighted by Crippen LogP contribution is -2.19. The fourth-order valence-corrected chi connectivity index (χ4v) is 3.02. The molecule has 1 heterocycles. The second-order valence-electron chi connectivity index (χ2n) is 4.79. The summed E-state index contributed by atoms with van der Waals surface area (Å²) in [5.74, 6) is -0.629. The van der Waals surface area contributed by atoms with E-state index in [1.807, 2.05) is 0 Å². The summed E-state index contributed by atoms with van der Waals surface area (Å²) < 4.78 is 62.4. The van der Waals surface area contributed by atoms with Gasteiger partial charge in [0.1, 0.15) is 6.33 Å². The molecule has 1 aromatic carbocycles. The molecule has 0 atom stereocenters. The van der Waals surface area contributed by atoms with Gasteiger partial charge in [0.15, 0.2) is 0 Å². The zero-order chi connectivity index (χ0) is 16.9. The molecule has 0 fully saturated rings. The van der Waals surface area contributed by atoms with Crippen LogP contribution in [-0.4, -0.2) is 30.3 Å². The Morgan fingerprint density at radius 1 is 1.13 bits per heavy atom. The lowest BCUT2D eigenvalue weighted by molar-refractivity contribution is -0.134. The predicted octanol–water partition coefficient (Wildman–Crippen LogP) is 3.23. The second-order valence-corrected chi connectivity index (χ2v) is 6.63. The van der Waals surface area contributed by atoms with Crippen LogP contribution in [0, 0.1) is 0 Å². The molecule has 0 radical (unpaired) electrons. The minimum absolute atomic E-state index is 0.130. The van der Waals surface area contributed by atoms with Gasteiger partial charge in [0.05, 0.1) is 23.3 Å². The zero-order valence-electron chi connectivity index (χ0n) is 11.9. The Balaban J connectivity index is 2.14. The average molecular weight is 345 g/mol. The zero-order valence-corrected chi connectivity index (χ0v) is 12.7. The maximum atomic E-state index is 12.1. The number of rotatable bonds is 6. The molecule has 0 saturated carbocycles. The number of aromatic nitrogens is 2. The highest BCUT2D eigenvalue weighted by atomic mass is 32.2. The van der Waals surface area contributed by atoms with Crippen molar-refractivity contribution in [1.82, 2.24) is 9.97 Å². The Bertz CT molecular complexity index is 749. The Hall–Kier alpha value is -2.16. The molecule has 5 nitrogen and oxygen atoms in total. The van der Waals surface area contributed by atoms with E-state index in [0.717, 1.165) is 0 Å². The Morgan fingerprint density at radius 3 is 2.48 bits per heavy atom. The first-order chi connectivity index (χ1) is 10.8. The van der Waals surface area contributed by atoms with Crippen LogP contribution >= 0.6 is 0 Å². The van der Waals surface area contributed by atoms with E-state index in [4.69, 9.17) is 0 Å². The number of alkyl halides is 3. The van der Waals surface area contributed by atoms with Gasteiger partial charge < -0.3 is 0 Å². The third-order valence-corrected chi connectivity index (χ3v) is 4.26.